The molecule has 0 unspecified atom stereocenters. The molecule has 0 atom stereocenters. The molecule has 0 aliphatic rings. The molecule has 104 valence electrons. The minimum absolute atomic E-state index is 0.0347. The van der Waals surface area contributed by atoms with Gasteiger partial charge in [0.2, 0.25) is 17.6 Å². The van der Waals surface area contributed by atoms with Crippen molar-refractivity contribution in [2.75, 3.05) is 11.5 Å². The average Bonchev–Trinajstić information content (AvgIpc) is 2.31. The number of nitro benzene ring substituents is 1. The van der Waals surface area contributed by atoms with E-state index in [1.807, 2.05) is 0 Å². The third-order valence-electron chi connectivity index (χ3n) is 2.15. The van der Waals surface area contributed by atoms with E-state index >= 15 is 0 Å². The Bertz CT molecular complexity index is 675. The second-order valence-corrected chi connectivity index (χ2v) is 4.40. The number of anilines is 2. The summed E-state index contributed by atoms with van der Waals surface area (Å²) >= 11 is 11.5. The molecule has 0 saturated heterocycles. The molecule has 2 rings (SSSR count). The molecule has 1 heterocycles. The molecule has 1 aromatic carbocycles. The van der Waals surface area contributed by atoms with Crippen molar-refractivity contribution in [3.8, 4) is 11.6 Å². The Kier molecular flexibility index (Phi) is 3.77. The zero-order valence-electron chi connectivity index (χ0n) is 9.71. The lowest BCUT2D eigenvalue weighted by Gasteiger charge is -2.07. The Morgan fingerprint density at radius 1 is 1.15 bits per heavy atom. The summed E-state index contributed by atoms with van der Waals surface area (Å²) in [4.78, 5) is 17.7. The van der Waals surface area contributed by atoms with E-state index in [1.54, 1.807) is 0 Å². The first kappa shape index (κ1) is 14.1. The molecule has 20 heavy (non-hydrogen) atoms. The molecule has 4 N–H and O–H groups in total. The molecule has 0 aliphatic heterocycles. The van der Waals surface area contributed by atoms with Crippen LogP contribution in [0.1, 0.15) is 0 Å². The van der Waals surface area contributed by atoms with E-state index in [-0.39, 0.29) is 39.1 Å². The van der Waals surface area contributed by atoms with E-state index in [0.717, 1.165) is 6.07 Å². The van der Waals surface area contributed by atoms with Crippen molar-refractivity contribution in [3.05, 3.63) is 38.4 Å². The van der Waals surface area contributed by atoms with Crippen molar-refractivity contribution >= 4 is 40.7 Å². The Morgan fingerprint density at radius 3 is 2.40 bits per heavy atom. The highest BCUT2D eigenvalue weighted by Gasteiger charge is 2.19. The van der Waals surface area contributed by atoms with Crippen LogP contribution in [0.2, 0.25) is 10.0 Å². The van der Waals surface area contributed by atoms with E-state index in [1.165, 1.54) is 12.1 Å². The van der Waals surface area contributed by atoms with E-state index in [0.29, 0.717) is 0 Å². The fourth-order valence-corrected chi connectivity index (χ4v) is 1.68. The molecule has 8 nitrogen and oxygen atoms in total. The average molecular weight is 316 g/mol. The standard InChI is InChI=1S/C10H7Cl2N5O3/c11-4-1-6(17(18)19)7(2-5(4)12)20-9-3-8(13)15-10(14)16-9/h1-3H,(H4,13,14,15,16). The second-order valence-electron chi connectivity index (χ2n) is 3.58. The van der Waals surface area contributed by atoms with Crippen molar-refractivity contribution in [1.29, 1.82) is 0 Å². The summed E-state index contributed by atoms with van der Waals surface area (Å²) in [6.07, 6.45) is 0. The van der Waals surface area contributed by atoms with Crippen LogP contribution in [0.3, 0.4) is 0 Å². The number of benzene rings is 1. The van der Waals surface area contributed by atoms with E-state index in [9.17, 15) is 10.1 Å². The molecule has 0 saturated carbocycles. The maximum atomic E-state index is 11.0. The van der Waals surface area contributed by atoms with Gasteiger partial charge in [-0.25, -0.2) is 0 Å². The number of nitrogens with two attached hydrogens (primary N) is 2. The van der Waals surface area contributed by atoms with Crippen LogP contribution < -0.4 is 16.2 Å². The number of hydrogen-bond donors (Lipinski definition) is 2. The topological polar surface area (TPSA) is 130 Å². The summed E-state index contributed by atoms with van der Waals surface area (Å²) in [5.74, 6) is -0.240. The van der Waals surface area contributed by atoms with Gasteiger partial charge >= 0.3 is 5.69 Å². The van der Waals surface area contributed by atoms with Crippen LogP contribution >= 0.6 is 23.2 Å². The van der Waals surface area contributed by atoms with Gasteiger partial charge in [-0.05, 0) is 0 Å². The number of halogens is 2. The van der Waals surface area contributed by atoms with Gasteiger partial charge in [0, 0.05) is 18.2 Å². The van der Waals surface area contributed by atoms with Crippen LogP contribution in [0.5, 0.6) is 11.6 Å². The van der Waals surface area contributed by atoms with Crippen LogP contribution in [0.4, 0.5) is 17.5 Å². The highest BCUT2D eigenvalue weighted by molar-refractivity contribution is 6.42. The zero-order chi connectivity index (χ0) is 14.9. The summed E-state index contributed by atoms with van der Waals surface area (Å²) in [6, 6.07) is 3.55. The van der Waals surface area contributed by atoms with Crippen molar-refractivity contribution in [2.24, 2.45) is 0 Å². The Balaban J connectivity index is 2.47. The van der Waals surface area contributed by atoms with Gasteiger partial charge in [-0.2, -0.15) is 9.97 Å². The SMILES string of the molecule is Nc1cc(Oc2cc(Cl)c(Cl)cc2[N+](=O)[O-])nc(N)n1. The number of ether oxygens (including phenoxy) is 1. The van der Waals surface area contributed by atoms with Crippen LogP contribution in [0.15, 0.2) is 18.2 Å². The first-order valence-corrected chi connectivity index (χ1v) is 5.83. The largest absolute Gasteiger partial charge is 0.431 e. The van der Waals surface area contributed by atoms with Gasteiger partial charge in [0.25, 0.3) is 0 Å². The van der Waals surface area contributed by atoms with Crippen molar-refractivity contribution < 1.29 is 9.66 Å². The van der Waals surface area contributed by atoms with Crippen LogP contribution in [-0.4, -0.2) is 14.9 Å². The van der Waals surface area contributed by atoms with Crippen LogP contribution in [-0.2, 0) is 0 Å². The molecule has 0 bridgehead atoms. The monoisotopic (exact) mass is 315 g/mol. The molecule has 0 fully saturated rings. The minimum Gasteiger partial charge on any atom is -0.431 e. The van der Waals surface area contributed by atoms with Crippen molar-refractivity contribution in [2.45, 2.75) is 0 Å². The van der Waals surface area contributed by atoms with Gasteiger partial charge in [0.15, 0.2) is 0 Å². The van der Waals surface area contributed by atoms with Gasteiger partial charge in [-0.15, -0.1) is 0 Å². The predicted octanol–water partition coefficient (Wildman–Crippen LogP) is 2.65. The maximum absolute atomic E-state index is 11.0. The quantitative estimate of drug-likeness (QED) is 0.657. The first-order chi connectivity index (χ1) is 9.36. The third kappa shape index (κ3) is 2.98. The molecular weight excluding hydrogens is 309 g/mol. The van der Waals surface area contributed by atoms with E-state index in [2.05, 4.69) is 9.97 Å². The van der Waals surface area contributed by atoms with Crippen LogP contribution in [0, 0.1) is 10.1 Å². The summed E-state index contributed by atoms with van der Waals surface area (Å²) < 4.78 is 5.27. The van der Waals surface area contributed by atoms with E-state index < -0.39 is 4.92 Å². The molecule has 0 amide bonds. The normalized spacial score (nSPS) is 10.3. The predicted molar refractivity (Wildman–Crippen MR) is 74.0 cm³/mol. The fraction of sp³-hybridized carbons (Fsp3) is 0. The minimum atomic E-state index is -0.661. The summed E-state index contributed by atoms with van der Waals surface area (Å²) in [6.45, 7) is 0. The Morgan fingerprint density at radius 2 is 1.80 bits per heavy atom. The second kappa shape index (κ2) is 5.35. The number of nitrogen functional groups attached to an aromatic ring is 2. The first-order valence-electron chi connectivity index (χ1n) is 5.08. The molecule has 0 aliphatic carbocycles. The molecule has 0 radical (unpaired) electrons. The van der Waals surface area contributed by atoms with Crippen molar-refractivity contribution in [1.82, 2.24) is 9.97 Å². The van der Waals surface area contributed by atoms with Gasteiger partial charge < -0.3 is 16.2 Å². The third-order valence-corrected chi connectivity index (χ3v) is 2.87. The maximum Gasteiger partial charge on any atom is 0.313 e. The number of hydrogen-bond acceptors (Lipinski definition) is 7. The Hall–Kier alpha value is -2.32. The molecule has 0 spiro atoms. The van der Waals surface area contributed by atoms with Gasteiger partial charge in [-0.1, -0.05) is 23.2 Å². The van der Waals surface area contributed by atoms with Gasteiger partial charge in [-0.3, -0.25) is 10.1 Å². The fourth-order valence-electron chi connectivity index (χ4n) is 1.37. The zero-order valence-corrected chi connectivity index (χ0v) is 11.2. The lowest BCUT2D eigenvalue weighted by Crippen LogP contribution is -2.01. The lowest BCUT2D eigenvalue weighted by molar-refractivity contribution is -0.385. The number of nitrogens with zero attached hydrogens (tertiary/aromatic N) is 3. The number of nitro groups is 1. The van der Waals surface area contributed by atoms with E-state index in [4.69, 9.17) is 39.4 Å². The summed E-state index contributed by atoms with van der Waals surface area (Å²) in [7, 11) is 0. The number of rotatable bonds is 3. The smallest absolute Gasteiger partial charge is 0.313 e. The number of aromatic nitrogens is 2. The highest BCUT2D eigenvalue weighted by Crippen LogP contribution is 2.37. The Labute approximate surface area is 122 Å². The van der Waals surface area contributed by atoms with Crippen molar-refractivity contribution in [3.63, 3.8) is 0 Å². The lowest BCUT2D eigenvalue weighted by atomic mass is 10.3. The highest BCUT2D eigenvalue weighted by atomic mass is 35.5. The summed E-state index contributed by atoms with van der Waals surface area (Å²) in [5, 5.41) is 11.1. The van der Waals surface area contributed by atoms with Gasteiger partial charge in [0.1, 0.15) is 5.82 Å². The molecule has 1 aromatic heterocycles. The van der Waals surface area contributed by atoms with Crippen LogP contribution in [0.25, 0.3) is 0 Å². The molecule has 10 heteroatoms. The summed E-state index contributed by atoms with van der Waals surface area (Å²) in [5.41, 5.74) is 10.5. The molecule has 2 aromatic rings. The van der Waals surface area contributed by atoms with Gasteiger partial charge in [0.05, 0.1) is 15.0 Å². The molecular formula is C10H7Cl2N5O3.